The summed E-state index contributed by atoms with van der Waals surface area (Å²) in [5.74, 6) is 0.960. The molecule has 6 nitrogen and oxygen atoms in total. The van der Waals surface area contributed by atoms with Gasteiger partial charge in [-0.1, -0.05) is 12.1 Å². The highest BCUT2D eigenvalue weighted by Gasteiger charge is 2.26. The van der Waals surface area contributed by atoms with Gasteiger partial charge in [0.15, 0.2) is 0 Å². The first kappa shape index (κ1) is 16.9. The van der Waals surface area contributed by atoms with E-state index in [2.05, 4.69) is 10.00 Å². The van der Waals surface area contributed by atoms with Crippen molar-refractivity contribution in [1.82, 2.24) is 14.7 Å². The maximum atomic E-state index is 13.9. The van der Waals surface area contributed by atoms with Gasteiger partial charge in [-0.2, -0.15) is 5.10 Å². The van der Waals surface area contributed by atoms with Gasteiger partial charge >= 0.3 is 0 Å². The zero-order valence-electron chi connectivity index (χ0n) is 15.1. The van der Waals surface area contributed by atoms with Crippen molar-refractivity contribution >= 4 is 17.4 Å². The fraction of sp³-hybridized carbons (Fsp3) is 0.474. The molecule has 138 valence electrons. The maximum Gasteiger partial charge on any atom is 0.242 e. The molecular weight excluding hydrogens is 333 g/mol. The maximum absolute atomic E-state index is 13.9. The molecule has 2 aliphatic rings. The highest BCUT2D eigenvalue weighted by molar-refractivity contribution is 5.81. The summed E-state index contributed by atoms with van der Waals surface area (Å²) >= 11 is 0. The van der Waals surface area contributed by atoms with Crippen LogP contribution in [-0.4, -0.2) is 59.9 Å². The molecule has 1 saturated heterocycles. The third-order valence-electron chi connectivity index (χ3n) is 5.15. The molecule has 0 unspecified atom stereocenters. The number of halogens is 1. The summed E-state index contributed by atoms with van der Waals surface area (Å²) in [6.45, 7) is 6.71. The molecule has 1 amide bonds. The first-order valence-electron chi connectivity index (χ1n) is 9.18. The van der Waals surface area contributed by atoms with Crippen molar-refractivity contribution in [1.29, 1.82) is 0 Å². The standard InChI is InChI=1S/C19H24FN5O/c1-15-13-18-24(7-4-8-25(18)21-15)14-19(26)23-11-9-22(10-12-23)17-6-3-2-5-16(17)20/h2-3,5-6,13H,4,7-12,14H2,1H3. The molecule has 4 rings (SSSR count). The van der Waals surface area contributed by atoms with Crippen molar-refractivity contribution in [2.75, 3.05) is 49.1 Å². The molecule has 1 aromatic carbocycles. The number of anilines is 2. The second-order valence-corrected chi connectivity index (χ2v) is 6.96. The summed E-state index contributed by atoms with van der Waals surface area (Å²) in [7, 11) is 0. The number of rotatable bonds is 3. The van der Waals surface area contributed by atoms with Gasteiger partial charge in [0.1, 0.15) is 11.6 Å². The van der Waals surface area contributed by atoms with Gasteiger partial charge in [0.2, 0.25) is 5.91 Å². The minimum Gasteiger partial charge on any atom is -0.366 e. The van der Waals surface area contributed by atoms with Crippen LogP contribution in [0, 0.1) is 12.7 Å². The van der Waals surface area contributed by atoms with Gasteiger partial charge in [-0.15, -0.1) is 0 Å². The fourth-order valence-electron chi connectivity index (χ4n) is 3.81. The van der Waals surface area contributed by atoms with Crippen LogP contribution in [0.25, 0.3) is 0 Å². The lowest BCUT2D eigenvalue weighted by Crippen LogP contribution is -2.52. The summed E-state index contributed by atoms with van der Waals surface area (Å²) in [5.41, 5.74) is 1.60. The molecule has 0 aliphatic carbocycles. The number of hydrogen-bond acceptors (Lipinski definition) is 4. The van der Waals surface area contributed by atoms with E-state index in [9.17, 15) is 9.18 Å². The molecular formula is C19H24FN5O. The van der Waals surface area contributed by atoms with E-state index in [1.807, 2.05) is 33.5 Å². The Morgan fingerprint density at radius 2 is 1.88 bits per heavy atom. The number of carbonyl (C=O) groups is 1. The minimum absolute atomic E-state index is 0.130. The van der Waals surface area contributed by atoms with Gasteiger partial charge in [-0.3, -0.25) is 4.79 Å². The van der Waals surface area contributed by atoms with Gasteiger partial charge in [-0.05, 0) is 25.5 Å². The third-order valence-corrected chi connectivity index (χ3v) is 5.15. The SMILES string of the molecule is Cc1cc2n(n1)CCCN2CC(=O)N1CCN(c2ccccc2F)CC1. The van der Waals surface area contributed by atoms with Crippen LogP contribution in [0.5, 0.6) is 0 Å². The smallest absolute Gasteiger partial charge is 0.242 e. The normalized spacial score (nSPS) is 17.4. The van der Waals surface area contributed by atoms with Crippen molar-refractivity contribution < 1.29 is 9.18 Å². The van der Waals surface area contributed by atoms with Crippen molar-refractivity contribution in [3.05, 3.63) is 41.8 Å². The molecule has 0 radical (unpaired) electrons. The highest BCUT2D eigenvalue weighted by Crippen LogP contribution is 2.23. The van der Waals surface area contributed by atoms with E-state index < -0.39 is 0 Å². The summed E-state index contributed by atoms with van der Waals surface area (Å²) in [6.07, 6.45) is 1.00. The predicted molar refractivity (Wildman–Crippen MR) is 99.0 cm³/mol. The third kappa shape index (κ3) is 3.25. The molecule has 0 bridgehead atoms. The van der Waals surface area contributed by atoms with Crippen LogP contribution in [-0.2, 0) is 11.3 Å². The van der Waals surface area contributed by atoms with Crippen molar-refractivity contribution in [2.24, 2.45) is 0 Å². The summed E-state index contributed by atoms with van der Waals surface area (Å²) < 4.78 is 15.9. The molecule has 0 spiro atoms. The molecule has 3 heterocycles. The van der Waals surface area contributed by atoms with E-state index in [0.717, 1.165) is 31.0 Å². The molecule has 0 N–H and O–H groups in total. The Balaban J connectivity index is 1.37. The van der Waals surface area contributed by atoms with Gasteiger partial charge in [0, 0.05) is 45.3 Å². The van der Waals surface area contributed by atoms with E-state index >= 15 is 0 Å². The summed E-state index contributed by atoms with van der Waals surface area (Å²) in [4.78, 5) is 18.8. The highest BCUT2D eigenvalue weighted by atomic mass is 19.1. The number of aryl methyl sites for hydroxylation is 2. The second kappa shape index (κ2) is 6.97. The zero-order chi connectivity index (χ0) is 18.1. The van der Waals surface area contributed by atoms with Gasteiger partial charge in [0.25, 0.3) is 0 Å². The predicted octanol–water partition coefficient (Wildman–Crippen LogP) is 1.89. The number of piperazine rings is 1. The van der Waals surface area contributed by atoms with Crippen LogP contribution < -0.4 is 9.80 Å². The molecule has 1 fully saturated rings. The molecule has 2 aliphatic heterocycles. The number of para-hydroxylation sites is 1. The van der Waals surface area contributed by atoms with E-state index in [-0.39, 0.29) is 11.7 Å². The molecule has 1 aromatic heterocycles. The molecule has 26 heavy (non-hydrogen) atoms. The second-order valence-electron chi connectivity index (χ2n) is 6.96. The Morgan fingerprint density at radius 1 is 1.12 bits per heavy atom. The summed E-state index contributed by atoms with van der Waals surface area (Å²) in [5, 5.41) is 4.48. The van der Waals surface area contributed by atoms with Crippen LogP contribution in [0.15, 0.2) is 30.3 Å². The van der Waals surface area contributed by atoms with Crippen molar-refractivity contribution in [2.45, 2.75) is 19.9 Å². The largest absolute Gasteiger partial charge is 0.366 e. The summed E-state index contributed by atoms with van der Waals surface area (Å²) in [6, 6.07) is 8.86. The average molecular weight is 357 g/mol. The number of nitrogens with zero attached hydrogens (tertiary/aromatic N) is 5. The van der Waals surface area contributed by atoms with Gasteiger partial charge in [-0.25, -0.2) is 9.07 Å². The number of hydrogen-bond donors (Lipinski definition) is 0. The average Bonchev–Trinajstić information content (AvgIpc) is 3.04. The molecule has 0 saturated carbocycles. The Bertz CT molecular complexity index is 797. The van der Waals surface area contributed by atoms with Crippen LogP contribution in [0.3, 0.4) is 0 Å². The van der Waals surface area contributed by atoms with Crippen LogP contribution in [0.4, 0.5) is 15.9 Å². The van der Waals surface area contributed by atoms with Crippen molar-refractivity contribution in [3.8, 4) is 0 Å². The van der Waals surface area contributed by atoms with Crippen LogP contribution >= 0.6 is 0 Å². The van der Waals surface area contributed by atoms with Gasteiger partial charge < -0.3 is 14.7 Å². The van der Waals surface area contributed by atoms with E-state index in [4.69, 9.17) is 0 Å². The Labute approximate surface area is 152 Å². The molecule has 2 aromatic rings. The Morgan fingerprint density at radius 3 is 2.65 bits per heavy atom. The van der Waals surface area contributed by atoms with Crippen LogP contribution in [0.2, 0.25) is 0 Å². The Hall–Kier alpha value is -2.57. The number of carbonyl (C=O) groups excluding carboxylic acids is 1. The van der Waals surface area contributed by atoms with Crippen LogP contribution in [0.1, 0.15) is 12.1 Å². The van der Waals surface area contributed by atoms with E-state index in [1.165, 1.54) is 6.07 Å². The molecule has 7 heteroatoms. The first-order chi connectivity index (χ1) is 12.6. The zero-order valence-corrected chi connectivity index (χ0v) is 15.1. The fourth-order valence-corrected chi connectivity index (χ4v) is 3.81. The lowest BCUT2D eigenvalue weighted by atomic mass is 10.2. The quantitative estimate of drug-likeness (QED) is 0.842. The minimum atomic E-state index is -0.204. The van der Waals surface area contributed by atoms with Crippen molar-refractivity contribution in [3.63, 3.8) is 0 Å². The number of fused-ring (bicyclic) bond motifs is 1. The Kier molecular flexibility index (Phi) is 4.53. The first-order valence-corrected chi connectivity index (χ1v) is 9.18. The number of aromatic nitrogens is 2. The number of benzene rings is 1. The lowest BCUT2D eigenvalue weighted by molar-refractivity contribution is -0.130. The van der Waals surface area contributed by atoms with Gasteiger partial charge in [0.05, 0.1) is 17.9 Å². The van der Waals surface area contributed by atoms with E-state index in [0.29, 0.717) is 38.4 Å². The monoisotopic (exact) mass is 357 g/mol. The number of amides is 1. The van der Waals surface area contributed by atoms with E-state index in [1.54, 1.807) is 12.1 Å². The topological polar surface area (TPSA) is 44.6 Å². The molecule has 0 atom stereocenters. The lowest BCUT2D eigenvalue weighted by Gasteiger charge is -2.37.